The lowest BCUT2D eigenvalue weighted by Crippen LogP contribution is -2.28. The van der Waals surface area contributed by atoms with Crippen molar-refractivity contribution in [1.29, 1.82) is 0 Å². The van der Waals surface area contributed by atoms with Crippen LogP contribution in [0.25, 0.3) is 0 Å². The van der Waals surface area contributed by atoms with Crippen LogP contribution in [0.5, 0.6) is 0 Å². The summed E-state index contributed by atoms with van der Waals surface area (Å²) in [4.78, 5) is 22.2. The van der Waals surface area contributed by atoms with Gasteiger partial charge in [-0.1, -0.05) is 26.0 Å². The normalized spacial score (nSPS) is 10.5. The Bertz CT molecular complexity index is 429. The summed E-state index contributed by atoms with van der Waals surface area (Å²) in [5.74, 6) is 0.702. The van der Waals surface area contributed by atoms with Crippen molar-refractivity contribution >= 4 is 23.6 Å². The van der Waals surface area contributed by atoms with Crippen molar-refractivity contribution in [2.45, 2.75) is 19.6 Å². The first-order valence-corrected chi connectivity index (χ1v) is 7.31. The largest absolute Gasteiger partial charge is 0.478 e. The molecule has 0 atom stereocenters. The van der Waals surface area contributed by atoms with Gasteiger partial charge in [-0.3, -0.25) is 4.79 Å². The number of aromatic carboxylic acids is 1. The first-order chi connectivity index (χ1) is 8.99. The number of carbonyl (C=O) groups excluding carboxylic acids is 1. The first kappa shape index (κ1) is 15.6. The minimum Gasteiger partial charge on any atom is -0.478 e. The Balaban J connectivity index is 2.29. The zero-order chi connectivity index (χ0) is 14.3. The maximum Gasteiger partial charge on any atom is 0.335 e. The van der Waals surface area contributed by atoms with E-state index in [1.165, 1.54) is 11.8 Å². The molecule has 0 unspecified atom stereocenters. The molecular formula is C14H19NO3S. The lowest BCUT2D eigenvalue weighted by Gasteiger charge is -2.07. The fraction of sp³-hybridized carbons (Fsp3) is 0.429. The van der Waals surface area contributed by atoms with Crippen LogP contribution in [0.2, 0.25) is 0 Å². The summed E-state index contributed by atoms with van der Waals surface area (Å²) in [6, 6.07) is 6.72. The zero-order valence-electron chi connectivity index (χ0n) is 11.2. The van der Waals surface area contributed by atoms with Gasteiger partial charge in [-0.15, -0.1) is 11.8 Å². The average molecular weight is 281 g/mol. The number of carboxylic acids is 1. The highest BCUT2D eigenvalue weighted by molar-refractivity contribution is 7.99. The molecule has 0 aliphatic carbocycles. The summed E-state index contributed by atoms with van der Waals surface area (Å²) in [6.45, 7) is 4.81. The van der Waals surface area contributed by atoms with Crippen LogP contribution in [0, 0.1) is 5.92 Å². The van der Waals surface area contributed by atoms with E-state index in [-0.39, 0.29) is 11.5 Å². The predicted octanol–water partition coefficient (Wildman–Crippen LogP) is 2.39. The Labute approximate surface area is 117 Å². The van der Waals surface area contributed by atoms with Gasteiger partial charge in [-0.2, -0.15) is 0 Å². The maximum atomic E-state index is 11.5. The summed E-state index contributed by atoms with van der Waals surface area (Å²) in [5, 5.41) is 11.6. The van der Waals surface area contributed by atoms with Gasteiger partial charge in [0.2, 0.25) is 5.91 Å². The molecule has 0 saturated carbocycles. The second-order valence-corrected chi connectivity index (χ2v) is 5.68. The molecule has 2 N–H and O–H groups in total. The van der Waals surface area contributed by atoms with Gasteiger partial charge in [0.05, 0.1) is 11.3 Å². The first-order valence-electron chi connectivity index (χ1n) is 6.15. The number of hydrogen-bond donors (Lipinski definition) is 2. The number of carbonyl (C=O) groups is 2. The molecular weight excluding hydrogens is 262 g/mol. The van der Waals surface area contributed by atoms with E-state index >= 15 is 0 Å². The van der Waals surface area contributed by atoms with Crippen molar-refractivity contribution in [3.8, 4) is 0 Å². The minimum absolute atomic E-state index is 0.0425. The second kappa shape index (κ2) is 7.84. The van der Waals surface area contributed by atoms with Crippen molar-refractivity contribution in [1.82, 2.24) is 5.32 Å². The molecule has 1 amide bonds. The molecule has 0 aliphatic rings. The van der Waals surface area contributed by atoms with Crippen molar-refractivity contribution in [3.05, 3.63) is 35.4 Å². The number of thioether (sulfide) groups is 1. The quantitative estimate of drug-likeness (QED) is 0.805. The van der Waals surface area contributed by atoms with Gasteiger partial charge in [-0.25, -0.2) is 4.79 Å². The molecule has 0 bridgehead atoms. The van der Waals surface area contributed by atoms with Crippen LogP contribution in [0.3, 0.4) is 0 Å². The van der Waals surface area contributed by atoms with Gasteiger partial charge in [0.15, 0.2) is 0 Å². The fourth-order valence-electron chi connectivity index (χ4n) is 1.37. The Hall–Kier alpha value is -1.49. The molecule has 1 rings (SSSR count). The van der Waals surface area contributed by atoms with Crippen molar-refractivity contribution < 1.29 is 14.7 Å². The topological polar surface area (TPSA) is 66.4 Å². The molecule has 0 heterocycles. The van der Waals surface area contributed by atoms with Crippen LogP contribution in [-0.2, 0) is 10.5 Å². The molecule has 5 heteroatoms. The van der Waals surface area contributed by atoms with Crippen LogP contribution >= 0.6 is 11.8 Å². The van der Waals surface area contributed by atoms with Crippen LogP contribution in [0.1, 0.15) is 29.8 Å². The molecule has 19 heavy (non-hydrogen) atoms. The highest BCUT2D eigenvalue weighted by Gasteiger charge is 2.04. The number of carboxylic acid groups (broad SMARTS) is 1. The minimum atomic E-state index is -0.924. The molecule has 0 fully saturated rings. The van der Waals surface area contributed by atoms with Gasteiger partial charge in [-0.05, 0) is 23.6 Å². The molecule has 1 aromatic rings. The smallest absolute Gasteiger partial charge is 0.335 e. The van der Waals surface area contributed by atoms with Crippen molar-refractivity contribution in [2.24, 2.45) is 5.92 Å². The zero-order valence-corrected chi connectivity index (χ0v) is 12.0. The average Bonchev–Trinajstić information content (AvgIpc) is 2.37. The Morgan fingerprint density at radius 3 is 2.42 bits per heavy atom. The van der Waals surface area contributed by atoms with Gasteiger partial charge < -0.3 is 10.4 Å². The summed E-state index contributed by atoms with van der Waals surface area (Å²) in [7, 11) is 0. The van der Waals surface area contributed by atoms with E-state index in [4.69, 9.17) is 5.11 Å². The molecule has 104 valence electrons. The lowest BCUT2D eigenvalue weighted by molar-refractivity contribution is -0.118. The van der Waals surface area contributed by atoms with E-state index in [2.05, 4.69) is 19.2 Å². The second-order valence-electron chi connectivity index (χ2n) is 4.69. The van der Waals surface area contributed by atoms with Crippen molar-refractivity contribution in [3.63, 3.8) is 0 Å². The number of hydrogen-bond acceptors (Lipinski definition) is 3. The Kier molecular flexibility index (Phi) is 6.42. The van der Waals surface area contributed by atoms with E-state index < -0.39 is 5.97 Å². The molecule has 0 aliphatic heterocycles. The summed E-state index contributed by atoms with van der Waals surface area (Å²) >= 11 is 1.52. The lowest BCUT2D eigenvalue weighted by atomic mass is 10.1. The monoisotopic (exact) mass is 281 g/mol. The SMILES string of the molecule is CC(C)CNC(=O)CSCc1ccc(C(=O)O)cc1. The number of nitrogens with one attached hydrogen (secondary N) is 1. The summed E-state index contributed by atoms with van der Waals surface area (Å²) in [5.41, 5.74) is 1.30. The predicted molar refractivity (Wildman–Crippen MR) is 77.4 cm³/mol. The third kappa shape index (κ3) is 6.29. The van der Waals surface area contributed by atoms with Gasteiger partial charge in [0.1, 0.15) is 0 Å². The van der Waals surface area contributed by atoms with E-state index in [0.29, 0.717) is 24.0 Å². The summed E-state index contributed by atoms with van der Waals surface area (Å²) < 4.78 is 0. The Morgan fingerprint density at radius 2 is 1.89 bits per heavy atom. The molecule has 0 radical (unpaired) electrons. The Morgan fingerprint density at radius 1 is 1.26 bits per heavy atom. The van der Waals surface area contributed by atoms with Crippen molar-refractivity contribution in [2.75, 3.05) is 12.3 Å². The molecule has 0 spiro atoms. The van der Waals surface area contributed by atoms with Crippen LogP contribution in [0.4, 0.5) is 0 Å². The molecule has 0 aromatic heterocycles. The highest BCUT2D eigenvalue weighted by atomic mass is 32.2. The third-order valence-electron chi connectivity index (χ3n) is 2.41. The van der Waals surface area contributed by atoms with Crippen LogP contribution < -0.4 is 5.32 Å². The standard InChI is InChI=1S/C14H19NO3S/c1-10(2)7-15-13(16)9-19-8-11-3-5-12(6-4-11)14(17)18/h3-6,10H,7-9H2,1-2H3,(H,15,16)(H,17,18). The molecule has 4 nitrogen and oxygen atoms in total. The van der Waals surface area contributed by atoms with E-state index in [1.54, 1.807) is 24.3 Å². The van der Waals surface area contributed by atoms with Gasteiger partial charge >= 0.3 is 5.97 Å². The van der Waals surface area contributed by atoms with E-state index in [9.17, 15) is 9.59 Å². The van der Waals surface area contributed by atoms with Gasteiger partial charge in [0, 0.05) is 12.3 Å². The maximum absolute atomic E-state index is 11.5. The fourth-order valence-corrected chi connectivity index (χ4v) is 2.19. The highest BCUT2D eigenvalue weighted by Crippen LogP contribution is 2.13. The molecule has 1 aromatic carbocycles. The van der Waals surface area contributed by atoms with Crippen LogP contribution in [-0.4, -0.2) is 29.3 Å². The van der Waals surface area contributed by atoms with E-state index in [1.807, 2.05) is 0 Å². The van der Waals surface area contributed by atoms with Crippen LogP contribution in [0.15, 0.2) is 24.3 Å². The number of rotatable bonds is 7. The number of benzene rings is 1. The van der Waals surface area contributed by atoms with Gasteiger partial charge in [0.25, 0.3) is 0 Å². The molecule has 0 saturated heterocycles. The summed E-state index contributed by atoms with van der Waals surface area (Å²) in [6.07, 6.45) is 0. The number of amides is 1. The van der Waals surface area contributed by atoms with E-state index in [0.717, 1.165) is 5.56 Å². The third-order valence-corrected chi connectivity index (χ3v) is 3.41.